The van der Waals surface area contributed by atoms with Crippen molar-refractivity contribution in [2.24, 2.45) is 5.73 Å². The van der Waals surface area contributed by atoms with E-state index in [1.807, 2.05) is 13.0 Å². The van der Waals surface area contributed by atoms with Crippen molar-refractivity contribution < 1.29 is 14.6 Å². The molecule has 0 aliphatic heterocycles. The molecule has 0 saturated carbocycles. The monoisotopic (exact) mass is 225 g/mol. The molecule has 0 saturated heterocycles. The predicted molar refractivity (Wildman–Crippen MR) is 63.2 cm³/mol. The molecule has 4 nitrogen and oxygen atoms in total. The second kappa shape index (κ2) is 5.61. The molecule has 0 fully saturated rings. The normalized spacial score (nSPS) is 12.2. The molecular weight excluding hydrogens is 206 g/mol. The highest BCUT2D eigenvalue weighted by atomic mass is 16.5. The number of nitrogens with two attached hydrogens (primary N) is 1. The van der Waals surface area contributed by atoms with Crippen molar-refractivity contribution >= 4 is 0 Å². The van der Waals surface area contributed by atoms with Gasteiger partial charge in [0.25, 0.3) is 0 Å². The molecule has 0 bridgehead atoms. The number of phenols is 1. The van der Waals surface area contributed by atoms with Crippen LogP contribution < -0.4 is 15.2 Å². The van der Waals surface area contributed by atoms with Crippen LogP contribution >= 0.6 is 0 Å². The lowest BCUT2D eigenvalue weighted by Crippen LogP contribution is -2.21. The highest BCUT2D eigenvalue weighted by Gasteiger charge is 2.12. The Balaban J connectivity index is 3.00. The average Bonchev–Trinajstić information content (AvgIpc) is 2.28. The number of phenolic OH excluding ortho intramolecular Hbond substituents is 1. The smallest absolute Gasteiger partial charge is 0.203 e. The molecule has 1 aromatic carbocycles. The van der Waals surface area contributed by atoms with Crippen molar-refractivity contribution in [2.45, 2.75) is 25.8 Å². The SMILES string of the molecule is CCC(N)Cc1cc(O)c(OC)c(OC)c1. The van der Waals surface area contributed by atoms with Crippen LogP contribution in [-0.4, -0.2) is 25.4 Å². The fraction of sp³-hybridized carbons (Fsp3) is 0.500. The van der Waals surface area contributed by atoms with Gasteiger partial charge in [-0.25, -0.2) is 0 Å². The maximum Gasteiger partial charge on any atom is 0.203 e. The van der Waals surface area contributed by atoms with E-state index < -0.39 is 0 Å². The molecule has 0 heterocycles. The third kappa shape index (κ3) is 2.79. The number of rotatable bonds is 5. The topological polar surface area (TPSA) is 64.7 Å². The van der Waals surface area contributed by atoms with Crippen LogP contribution in [0.15, 0.2) is 12.1 Å². The van der Waals surface area contributed by atoms with Crippen molar-refractivity contribution in [3.63, 3.8) is 0 Å². The summed E-state index contributed by atoms with van der Waals surface area (Å²) in [5, 5.41) is 9.74. The third-order valence-electron chi connectivity index (χ3n) is 2.54. The molecule has 0 aliphatic carbocycles. The lowest BCUT2D eigenvalue weighted by molar-refractivity contribution is 0.332. The van der Waals surface area contributed by atoms with Crippen LogP contribution in [0.25, 0.3) is 0 Å². The summed E-state index contributed by atoms with van der Waals surface area (Å²) in [5.41, 5.74) is 6.81. The highest BCUT2D eigenvalue weighted by Crippen LogP contribution is 2.37. The first-order valence-corrected chi connectivity index (χ1v) is 5.31. The summed E-state index contributed by atoms with van der Waals surface area (Å²) >= 11 is 0. The zero-order valence-electron chi connectivity index (χ0n) is 9.99. The molecule has 1 unspecified atom stereocenters. The van der Waals surface area contributed by atoms with Gasteiger partial charge in [0.05, 0.1) is 14.2 Å². The minimum atomic E-state index is 0.0835. The van der Waals surface area contributed by atoms with Crippen LogP contribution in [-0.2, 0) is 6.42 Å². The van der Waals surface area contributed by atoms with Crippen molar-refractivity contribution in [3.8, 4) is 17.2 Å². The molecule has 0 radical (unpaired) electrons. The zero-order chi connectivity index (χ0) is 12.1. The fourth-order valence-electron chi connectivity index (χ4n) is 1.56. The van der Waals surface area contributed by atoms with Crippen molar-refractivity contribution in [2.75, 3.05) is 14.2 Å². The van der Waals surface area contributed by atoms with Crippen molar-refractivity contribution in [3.05, 3.63) is 17.7 Å². The van der Waals surface area contributed by atoms with E-state index in [0.717, 1.165) is 12.0 Å². The van der Waals surface area contributed by atoms with Gasteiger partial charge in [-0.3, -0.25) is 0 Å². The molecule has 1 rings (SSSR count). The average molecular weight is 225 g/mol. The highest BCUT2D eigenvalue weighted by molar-refractivity contribution is 5.53. The van der Waals surface area contributed by atoms with E-state index in [-0.39, 0.29) is 11.8 Å². The van der Waals surface area contributed by atoms with Gasteiger partial charge in [0.1, 0.15) is 0 Å². The van der Waals surface area contributed by atoms with Gasteiger partial charge in [0.15, 0.2) is 11.5 Å². The predicted octanol–water partition coefficient (Wildman–Crippen LogP) is 1.69. The lowest BCUT2D eigenvalue weighted by Gasteiger charge is -2.13. The molecule has 0 aliphatic rings. The van der Waals surface area contributed by atoms with Gasteiger partial charge in [0, 0.05) is 6.04 Å². The Bertz CT molecular complexity index is 352. The third-order valence-corrected chi connectivity index (χ3v) is 2.54. The first-order valence-electron chi connectivity index (χ1n) is 5.31. The van der Waals surface area contributed by atoms with E-state index in [9.17, 15) is 5.11 Å². The molecule has 16 heavy (non-hydrogen) atoms. The molecule has 90 valence electrons. The largest absolute Gasteiger partial charge is 0.504 e. The molecule has 3 N–H and O–H groups in total. The van der Waals surface area contributed by atoms with Gasteiger partial charge in [-0.05, 0) is 30.5 Å². The van der Waals surface area contributed by atoms with E-state index in [4.69, 9.17) is 15.2 Å². The van der Waals surface area contributed by atoms with E-state index >= 15 is 0 Å². The Morgan fingerprint density at radius 3 is 2.50 bits per heavy atom. The Morgan fingerprint density at radius 2 is 2.00 bits per heavy atom. The van der Waals surface area contributed by atoms with Gasteiger partial charge >= 0.3 is 0 Å². The Kier molecular flexibility index (Phi) is 4.43. The lowest BCUT2D eigenvalue weighted by atomic mass is 10.0. The van der Waals surface area contributed by atoms with Crippen LogP contribution in [0.3, 0.4) is 0 Å². The number of aromatic hydroxyl groups is 1. The van der Waals surface area contributed by atoms with Crippen LogP contribution in [0.2, 0.25) is 0 Å². The minimum Gasteiger partial charge on any atom is -0.504 e. The molecule has 1 aromatic rings. The van der Waals surface area contributed by atoms with Gasteiger partial charge in [-0.15, -0.1) is 0 Å². The number of methoxy groups -OCH3 is 2. The number of hydrogen-bond donors (Lipinski definition) is 2. The van der Waals surface area contributed by atoms with Crippen molar-refractivity contribution in [1.82, 2.24) is 0 Å². The Morgan fingerprint density at radius 1 is 1.31 bits per heavy atom. The van der Waals surface area contributed by atoms with Gasteiger partial charge in [0.2, 0.25) is 5.75 Å². The number of ether oxygens (including phenoxy) is 2. The Hall–Kier alpha value is -1.42. The first kappa shape index (κ1) is 12.6. The van der Waals surface area contributed by atoms with Crippen LogP contribution in [0.4, 0.5) is 0 Å². The number of hydrogen-bond acceptors (Lipinski definition) is 4. The van der Waals surface area contributed by atoms with Crippen LogP contribution in [0.1, 0.15) is 18.9 Å². The molecule has 0 aromatic heterocycles. The molecular formula is C12H19NO3. The van der Waals surface area contributed by atoms with Crippen molar-refractivity contribution in [1.29, 1.82) is 0 Å². The number of benzene rings is 1. The summed E-state index contributed by atoms with van der Waals surface area (Å²) < 4.78 is 10.2. The minimum absolute atomic E-state index is 0.0835. The molecule has 0 amide bonds. The molecule has 4 heteroatoms. The summed E-state index contributed by atoms with van der Waals surface area (Å²) in [4.78, 5) is 0. The summed E-state index contributed by atoms with van der Waals surface area (Å²) in [6, 6.07) is 3.60. The maximum atomic E-state index is 9.74. The summed E-state index contributed by atoms with van der Waals surface area (Å²) in [6.07, 6.45) is 1.61. The van der Waals surface area contributed by atoms with E-state index in [1.165, 1.54) is 7.11 Å². The molecule has 0 spiro atoms. The zero-order valence-corrected chi connectivity index (χ0v) is 9.99. The van der Waals surface area contributed by atoms with Gasteiger partial charge in [-0.2, -0.15) is 0 Å². The second-order valence-corrected chi connectivity index (χ2v) is 3.72. The standard InChI is InChI=1S/C12H19NO3/c1-4-9(13)5-8-6-10(14)12(16-3)11(7-8)15-2/h6-7,9,14H,4-5,13H2,1-3H3. The first-order chi connectivity index (χ1) is 7.62. The van der Waals surface area contributed by atoms with E-state index in [0.29, 0.717) is 17.9 Å². The van der Waals surface area contributed by atoms with Crippen LogP contribution in [0, 0.1) is 0 Å². The fourth-order valence-corrected chi connectivity index (χ4v) is 1.56. The van der Waals surface area contributed by atoms with E-state index in [1.54, 1.807) is 13.2 Å². The molecule has 1 atom stereocenters. The van der Waals surface area contributed by atoms with E-state index in [2.05, 4.69) is 0 Å². The van der Waals surface area contributed by atoms with Gasteiger partial charge < -0.3 is 20.3 Å². The quantitative estimate of drug-likeness (QED) is 0.800. The summed E-state index contributed by atoms with van der Waals surface area (Å²) in [7, 11) is 3.04. The Labute approximate surface area is 96.0 Å². The van der Waals surface area contributed by atoms with Gasteiger partial charge in [-0.1, -0.05) is 6.92 Å². The summed E-state index contributed by atoms with van der Waals surface area (Å²) in [5.74, 6) is 0.970. The maximum absolute atomic E-state index is 9.74. The second-order valence-electron chi connectivity index (χ2n) is 3.72. The summed E-state index contributed by atoms with van der Waals surface area (Å²) in [6.45, 7) is 2.03. The van der Waals surface area contributed by atoms with Crippen LogP contribution in [0.5, 0.6) is 17.2 Å².